The Labute approximate surface area is 330 Å². The van der Waals surface area contributed by atoms with Crippen molar-refractivity contribution in [1.82, 2.24) is 29.9 Å². The molecular formula is C44H65N9O2. The maximum absolute atomic E-state index is 6.49. The third-order valence-corrected chi connectivity index (χ3v) is 10.4. The molecule has 11 nitrogen and oxygen atoms in total. The number of rotatable bonds is 20. The van der Waals surface area contributed by atoms with Gasteiger partial charge in [0.1, 0.15) is 5.82 Å². The number of aromatic nitrogens is 6. The molecule has 0 radical (unpaired) electrons. The molecule has 0 aliphatic carbocycles. The Bertz CT molecular complexity index is 1870. The van der Waals surface area contributed by atoms with Crippen LogP contribution in [0.15, 0.2) is 24.3 Å². The van der Waals surface area contributed by atoms with Gasteiger partial charge in [-0.3, -0.25) is 15.0 Å². The van der Waals surface area contributed by atoms with E-state index in [0.717, 1.165) is 115 Å². The van der Waals surface area contributed by atoms with E-state index in [1.807, 2.05) is 24.1 Å². The van der Waals surface area contributed by atoms with E-state index in [1.165, 1.54) is 0 Å². The zero-order valence-electron chi connectivity index (χ0n) is 35.5. The molecule has 0 spiro atoms. The van der Waals surface area contributed by atoms with Gasteiger partial charge in [0.25, 0.3) is 11.8 Å². The number of unbranched alkanes of at least 4 members (excludes halogenated alkanes) is 4. The summed E-state index contributed by atoms with van der Waals surface area (Å²) in [5.74, 6) is 3.78. The average molecular weight is 752 g/mol. The van der Waals surface area contributed by atoms with Crippen molar-refractivity contribution in [1.29, 1.82) is 0 Å². The number of ether oxygens (including phenoxy) is 2. The highest BCUT2D eigenvalue weighted by Crippen LogP contribution is 2.39. The van der Waals surface area contributed by atoms with E-state index < -0.39 is 0 Å². The van der Waals surface area contributed by atoms with E-state index >= 15 is 0 Å². The number of nitrogens with zero attached hydrogens (tertiary/aromatic N) is 9. The van der Waals surface area contributed by atoms with Crippen molar-refractivity contribution < 1.29 is 9.47 Å². The van der Waals surface area contributed by atoms with Gasteiger partial charge in [-0.2, -0.15) is 0 Å². The lowest BCUT2D eigenvalue weighted by molar-refractivity contribution is 0.291. The SMILES string of the molecule is CCCCCOc1nc(CC)c(-c2ccc(C(C)C)nc2C)nc1N(C)N(C)c1nc(-c2ccc(C(C)C)nc2N2CCC2)c(CC)nc1OCCCCC. The quantitative estimate of drug-likeness (QED) is 0.0637. The van der Waals surface area contributed by atoms with Crippen LogP contribution >= 0.6 is 0 Å². The lowest BCUT2D eigenvalue weighted by atomic mass is 10.0. The second-order valence-electron chi connectivity index (χ2n) is 15.3. The summed E-state index contributed by atoms with van der Waals surface area (Å²) in [5.41, 5.74) is 8.40. The minimum Gasteiger partial charge on any atom is -0.475 e. The highest BCUT2D eigenvalue weighted by Gasteiger charge is 2.29. The summed E-state index contributed by atoms with van der Waals surface area (Å²) >= 11 is 0. The first-order chi connectivity index (χ1) is 26.5. The Hall–Kier alpha value is -4.54. The highest BCUT2D eigenvalue weighted by atomic mass is 16.5. The largest absolute Gasteiger partial charge is 0.475 e. The summed E-state index contributed by atoms with van der Waals surface area (Å²) in [7, 11) is 3.96. The molecule has 5 rings (SSSR count). The zero-order chi connectivity index (χ0) is 39.6. The molecule has 4 aromatic heterocycles. The van der Waals surface area contributed by atoms with Crippen LogP contribution in [-0.4, -0.2) is 70.3 Å². The molecule has 0 aromatic carbocycles. The average Bonchev–Trinajstić information content (AvgIpc) is 3.16. The number of pyridine rings is 2. The van der Waals surface area contributed by atoms with E-state index in [1.54, 1.807) is 0 Å². The molecule has 0 unspecified atom stereocenters. The number of aryl methyl sites for hydroxylation is 3. The molecule has 0 bridgehead atoms. The highest BCUT2D eigenvalue weighted by molar-refractivity contribution is 5.78. The third-order valence-electron chi connectivity index (χ3n) is 10.4. The van der Waals surface area contributed by atoms with Gasteiger partial charge in [-0.1, -0.05) is 81.1 Å². The molecule has 1 aliphatic rings. The Morgan fingerprint density at radius 1 is 0.618 bits per heavy atom. The van der Waals surface area contributed by atoms with E-state index in [4.69, 9.17) is 39.4 Å². The third kappa shape index (κ3) is 9.65. The Kier molecular flexibility index (Phi) is 14.6. The molecular weight excluding hydrogens is 687 g/mol. The van der Waals surface area contributed by atoms with Gasteiger partial charge < -0.3 is 14.4 Å². The molecule has 1 saturated heterocycles. The van der Waals surface area contributed by atoms with Crippen molar-refractivity contribution in [3.8, 4) is 34.3 Å². The molecule has 1 fully saturated rings. The fourth-order valence-electron chi connectivity index (χ4n) is 6.64. The predicted octanol–water partition coefficient (Wildman–Crippen LogP) is 9.91. The van der Waals surface area contributed by atoms with E-state index in [9.17, 15) is 0 Å². The van der Waals surface area contributed by atoms with Crippen molar-refractivity contribution >= 4 is 17.5 Å². The molecule has 55 heavy (non-hydrogen) atoms. The number of anilines is 3. The summed E-state index contributed by atoms with van der Waals surface area (Å²) in [5, 5.41) is 3.93. The smallest absolute Gasteiger partial charge is 0.259 e. The van der Waals surface area contributed by atoms with Crippen molar-refractivity contribution in [3.05, 3.63) is 52.7 Å². The number of hydrazine groups is 1. The summed E-state index contributed by atoms with van der Waals surface area (Å²) in [6.07, 6.45) is 8.80. The summed E-state index contributed by atoms with van der Waals surface area (Å²) < 4.78 is 13.0. The second-order valence-corrected chi connectivity index (χ2v) is 15.3. The minimum atomic E-state index is 0.316. The molecule has 0 atom stereocenters. The van der Waals surface area contributed by atoms with E-state index in [-0.39, 0.29) is 0 Å². The maximum atomic E-state index is 6.49. The minimum absolute atomic E-state index is 0.316. The van der Waals surface area contributed by atoms with Gasteiger partial charge in [-0.05, 0) is 75.1 Å². The van der Waals surface area contributed by atoms with Crippen LogP contribution in [0.5, 0.6) is 11.8 Å². The molecule has 11 heteroatoms. The van der Waals surface area contributed by atoms with Gasteiger partial charge in [0.15, 0.2) is 0 Å². The van der Waals surface area contributed by atoms with E-state index in [0.29, 0.717) is 61.3 Å². The zero-order valence-corrected chi connectivity index (χ0v) is 35.5. The first-order valence-electron chi connectivity index (χ1n) is 20.8. The molecule has 0 saturated carbocycles. The fourth-order valence-corrected chi connectivity index (χ4v) is 6.64. The lowest BCUT2D eigenvalue weighted by Gasteiger charge is -2.35. The second kappa shape index (κ2) is 19.4. The summed E-state index contributed by atoms with van der Waals surface area (Å²) in [6.45, 7) is 22.5. The van der Waals surface area contributed by atoms with Gasteiger partial charge in [-0.25, -0.2) is 24.9 Å². The van der Waals surface area contributed by atoms with Gasteiger partial charge >= 0.3 is 0 Å². The first-order valence-corrected chi connectivity index (χ1v) is 20.8. The van der Waals surface area contributed by atoms with Crippen LogP contribution in [0.1, 0.15) is 141 Å². The molecule has 5 heterocycles. The number of hydrogen-bond donors (Lipinski definition) is 0. The Balaban J connectivity index is 1.66. The molecule has 1 aliphatic heterocycles. The standard InChI is InChI=1S/C44H65N9O2/c1-12-16-18-27-54-43-41(49-38(34(14-3)47-43)32-21-23-36(29(5)6)45-31(32)9)51(10)52(11)42-44(55-28-19-17-13-2)48-35(15-4)39(50-42)33-22-24-37(30(7)8)46-40(33)53-25-20-26-53/h21-24,29-30H,12-20,25-28H2,1-11H3. The van der Waals surface area contributed by atoms with Crippen LogP contribution in [0.25, 0.3) is 22.5 Å². The number of hydrogen-bond acceptors (Lipinski definition) is 11. The van der Waals surface area contributed by atoms with Crippen LogP contribution in [-0.2, 0) is 12.8 Å². The van der Waals surface area contributed by atoms with Crippen LogP contribution in [0.2, 0.25) is 0 Å². The van der Waals surface area contributed by atoms with Crippen LogP contribution in [0.3, 0.4) is 0 Å². The first kappa shape index (κ1) is 41.6. The Morgan fingerprint density at radius 3 is 1.51 bits per heavy atom. The maximum Gasteiger partial charge on any atom is 0.259 e. The van der Waals surface area contributed by atoms with Gasteiger partial charge in [0.2, 0.25) is 11.6 Å². The van der Waals surface area contributed by atoms with Crippen molar-refractivity contribution in [2.75, 3.05) is 55.3 Å². The van der Waals surface area contributed by atoms with Crippen LogP contribution in [0.4, 0.5) is 17.5 Å². The van der Waals surface area contributed by atoms with Crippen molar-refractivity contribution in [2.45, 2.75) is 132 Å². The molecule has 0 amide bonds. The molecule has 298 valence electrons. The van der Waals surface area contributed by atoms with Crippen molar-refractivity contribution in [2.24, 2.45) is 0 Å². The monoisotopic (exact) mass is 752 g/mol. The van der Waals surface area contributed by atoms with Crippen molar-refractivity contribution in [3.63, 3.8) is 0 Å². The normalized spacial score (nSPS) is 12.7. The van der Waals surface area contributed by atoms with E-state index in [2.05, 4.69) is 91.5 Å². The van der Waals surface area contributed by atoms with Gasteiger partial charge in [0.05, 0.1) is 36.0 Å². The Morgan fingerprint density at radius 2 is 1.09 bits per heavy atom. The molecule has 0 N–H and O–H groups in total. The topological polar surface area (TPSA) is 106 Å². The predicted molar refractivity (Wildman–Crippen MR) is 226 cm³/mol. The molecule has 4 aromatic rings. The van der Waals surface area contributed by atoms with Crippen LogP contribution in [0, 0.1) is 6.92 Å². The summed E-state index contributed by atoms with van der Waals surface area (Å²) in [4.78, 5) is 33.7. The lowest BCUT2D eigenvalue weighted by Crippen LogP contribution is -2.39. The fraction of sp³-hybridized carbons (Fsp3) is 0.591. The summed E-state index contributed by atoms with van der Waals surface area (Å²) in [6, 6.07) is 8.55. The van der Waals surface area contributed by atoms with Crippen LogP contribution < -0.4 is 24.4 Å². The van der Waals surface area contributed by atoms with Gasteiger partial charge in [0, 0.05) is 55.4 Å². The van der Waals surface area contributed by atoms with Gasteiger partial charge in [-0.15, -0.1) is 0 Å².